The summed E-state index contributed by atoms with van der Waals surface area (Å²) in [6.07, 6.45) is 1.76. The highest BCUT2D eigenvalue weighted by molar-refractivity contribution is 5.42. The normalized spacial score (nSPS) is 11.6. The lowest BCUT2D eigenvalue weighted by Crippen LogP contribution is -2.02. The average Bonchev–Trinajstić information content (AvgIpc) is 2.66. The Morgan fingerprint density at radius 3 is 2.33 bits per heavy atom. The first-order valence-electron chi connectivity index (χ1n) is 7.75. The molecule has 1 aromatic carbocycles. The summed E-state index contributed by atoms with van der Waals surface area (Å²) in [6.45, 7) is 10.8. The van der Waals surface area contributed by atoms with Crippen molar-refractivity contribution < 1.29 is 5.11 Å². The topological polar surface area (TPSA) is 38.0 Å². The van der Waals surface area contributed by atoms with E-state index in [4.69, 9.17) is 0 Å². The van der Waals surface area contributed by atoms with Gasteiger partial charge in [-0.3, -0.25) is 0 Å². The first-order chi connectivity index (χ1) is 9.88. The van der Waals surface area contributed by atoms with Crippen molar-refractivity contribution in [2.24, 2.45) is 11.8 Å². The van der Waals surface area contributed by atoms with Crippen molar-refractivity contribution in [2.75, 3.05) is 0 Å². The number of aromatic hydroxyl groups is 1. The fourth-order valence-corrected chi connectivity index (χ4v) is 2.59. The van der Waals surface area contributed by atoms with Crippen LogP contribution in [0.25, 0.3) is 5.69 Å². The lowest BCUT2D eigenvalue weighted by atomic mass is 9.98. The number of rotatable bonds is 5. The minimum Gasteiger partial charge on any atom is -0.493 e. The van der Waals surface area contributed by atoms with Crippen LogP contribution in [-0.2, 0) is 12.8 Å². The van der Waals surface area contributed by atoms with Crippen molar-refractivity contribution >= 4 is 0 Å². The molecule has 2 rings (SSSR count). The molecule has 0 atom stereocenters. The minimum absolute atomic E-state index is 0.296. The summed E-state index contributed by atoms with van der Waals surface area (Å²) in [7, 11) is 0. The van der Waals surface area contributed by atoms with Crippen molar-refractivity contribution in [2.45, 2.75) is 47.5 Å². The van der Waals surface area contributed by atoms with Gasteiger partial charge in [0.15, 0.2) is 0 Å². The smallest absolute Gasteiger partial charge is 0.217 e. The van der Waals surface area contributed by atoms with Crippen molar-refractivity contribution in [3.05, 3.63) is 41.1 Å². The summed E-state index contributed by atoms with van der Waals surface area (Å²) in [5.41, 5.74) is 4.11. The summed E-state index contributed by atoms with van der Waals surface area (Å²) in [6, 6.07) is 8.08. The molecule has 1 heterocycles. The molecular formula is C18H26N2O. The van der Waals surface area contributed by atoms with Crippen molar-refractivity contribution in [1.29, 1.82) is 0 Å². The van der Waals surface area contributed by atoms with Crippen LogP contribution in [0.4, 0.5) is 0 Å². The summed E-state index contributed by atoms with van der Waals surface area (Å²) in [4.78, 5) is 0. The van der Waals surface area contributed by atoms with E-state index in [0.29, 0.717) is 17.7 Å². The molecule has 114 valence electrons. The molecule has 0 fully saturated rings. The second-order valence-electron chi connectivity index (χ2n) is 6.70. The van der Waals surface area contributed by atoms with Gasteiger partial charge in [0.1, 0.15) is 0 Å². The van der Waals surface area contributed by atoms with Crippen LogP contribution in [0.5, 0.6) is 5.88 Å². The van der Waals surface area contributed by atoms with E-state index in [1.165, 1.54) is 5.56 Å². The molecule has 1 aromatic heterocycles. The van der Waals surface area contributed by atoms with Gasteiger partial charge < -0.3 is 5.11 Å². The number of aromatic nitrogens is 2. The zero-order chi connectivity index (χ0) is 15.6. The minimum atomic E-state index is 0.296. The van der Waals surface area contributed by atoms with Crippen LogP contribution in [0.15, 0.2) is 24.3 Å². The van der Waals surface area contributed by atoms with Crippen LogP contribution in [0.3, 0.4) is 0 Å². The van der Waals surface area contributed by atoms with Crippen molar-refractivity contribution in [1.82, 2.24) is 9.78 Å². The van der Waals surface area contributed by atoms with Gasteiger partial charge in [-0.1, -0.05) is 39.8 Å². The third-order valence-corrected chi connectivity index (χ3v) is 3.50. The molecule has 3 nitrogen and oxygen atoms in total. The highest BCUT2D eigenvalue weighted by atomic mass is 16.3. The monoisotopic (exact) mass is 286 g/mol. The molecule has 0 aliphatic carbocycles. The van der Waals surface area contributed by atoms with Crippen LogP contribution in [0.2, 0.25) is 0 Å². The molecule has 1 N–H and O–H groups in total. The third-order valence-electron chi connectivity index (χ3n) is 3.50. The molecule has 2 aromatic rings. The first-order valence-corrected chi connectivity index (χ1v) is 7.75. The van der Waals surface area contributed by atoms with Gasteiger partial charge in [0.05, 0.1) is 11.4 Å². The fourth-order valence-electron chi connectivity index (χ4n) is 2.59. The number of benzene rings is 1. The van der Waals surface area contributed by atoms with Gasteiger partial charge in [0, 0.05) is 5.56 Å². The Morgan fingerprint density at radius 2 is 1.76 bits per heavy atom. The Labute approximate surface area is 127 Å². The molecule has 0 aliphatic heterocycles. The molecule has 0 radical (unpaired) electrons. The zero-order valence-corrected chi connectivity index (χ0v) is 13.7. The molecule has 21 heavy (non-hydrogen) atoms. The number of hydrogen-bond donors (Lipinski definition) is 1. The van der Waals surface area contributed by atoms with Gasteiger partial charge >= 0.3 is 0 Å². The number of aryl methyl sites for hydroxylation is 1. The standard InChI is InChI=1S/C18H26N2O/c1-12(2)9-16-17(10-13(3)4)19-20(18(16)21)15-8-6-7-14(5)11-15/h6-8,11-13,21H,9-10H2,1-5H3. The van der Waals surface area contributed by atoms with E-state index in [1.54, 1.807) is 4.68 Å². The van der Waals surface area contributed by atoms with E-state index in [-0.39, 0.29) is 0 Å². The van der Waals surface area contributed by atoms with Crippen LogP contribution >= 0.6 is 0 Å². The van der Waals surface area contributed by atoms with E-state index in [9.17, 15) is 5.11 Å². The number of hydrogen-bond acceptors (Lipinski definition) is 2. The van der Waals surface area contributed by atoms with E-state index < -0.39 is 0 Å². The van der Waals surface area contributed by atoms with Gasteiger partial charge in [-0.25, -0.2) is 4.68 Å². The molecule has 0 bridgehead atoms. The maximum atomic E-state index is 10.6. The van der Waals surface area contributed by atoms with Crippen molar-refractivity contribution in [3.63, 3.8) is 0 Å². The predicted octanol–water partition coefficient (Wildman–Crippen LogP) is 4.28. The van der Waals surface area contributed by atoms with Crippen LogP contribution in [0, 0.1) is 18.8 Å². The SMILES string of the molecule is Cc1cccc(-n2nc(CC(C)C)c(CC(C)C)c2O)c1. The lowest BCUT2D eigenvalue weighted by molar-refractivity contribution is 0.424. The Bertz CT molecular complexity index is 612. The summed E-state index contributed by atoms with van der Waals surface area (Å²) in [5, 5.41) is 15.3. The van der Waals surface area contributed by atoms with E-state index in [1.807, 2.05) is 31.2 Å². The quantitative estimate of drug-likeness (QED) is 0.890. The van der Waals surface area contributed by atoms with Crippen LogP contribution in [-0.4, -0.2) is 14.9 Å². The van der Waals surface area contributed by atoms with Gasteiger partial charge in [-0.15, -0.1) is 0 Å². The fraction of sp³-hybridized carbons (Fsp3) is 0.500. The van der Waals surface area contributed by atoms with Crippen LogP contribution in [0.1, 0.15) is 44.5 Å². The van der Waals surface area contributed by atoms with Crippen molar-refractivity contribution in [3.8, 4) is 11.6 Å². The average molecular weight is 286 g/mol. The Balaban J connectivity index is 2.49. The van der Waals surface area contributed by atoms with E-state index >= 15 is 0 Å². The van der Waals surface area contributed by atoms with E-state index in [2.05, 4.69) is 32.8 Å². The Hall–Kier alpha value is -1.77. The van der Waals surface area contributed by atoms with Gasteiger partial charge in [0.2, 0.25) is 5.88 Å². The second-order valence-corrected chi connectivity index (χ2v) is 6.70. The number of nitrogens with zero attached hydrogens (tertiary/aromatic N) is 2. The van der Waals surface area contributed by atoms with Gasteiger partial charge in [-0.2, -0.15) is 5.10 Å². The molecule has 0 saturated heterocycles. The second kappa shape index (κ2) is 6.33. The van der Waals surface area contributed by atoms with Gasteiger partial charge in [0.25, 0.3) is 0 Å². The molecule has 3 heteroatoms. The molecule has 0 aliphatic rings. The first kappa shape index (κ1) is 15.6. The van der Waals surface area contributed by atoms with Crippen LogP contribution < -0.4 is 0 Å². The highest BCUT2D eigenvalue weighted by Gasteiger charge is 2.19. The Kier molecular flexibility index (Phi) is 4.71. The molecular weight excluding hydrogens is 260 g/mol. The lowest BCUT2D eigenvalue weighted by Gasteiger charge is -2.07. The Morgan fingerprint density at radius 1 is 1.10 bits per heavy atom. The molecule has 0 unspecified atom stereocenters. The molecule has 0 amide bonds. The zero-order valence-electron chi connectivity index (χ0n) is 13.7. The summed E-state index contributed by atoms with van der Waals surface area (Å²) in [5.74, 6) is 1.32. The van der Waals surface area contributed by atoms with Gasteiger partial charge in [-0.05, 0) is 49.3 Å². The largest absolute Gasteiger partial charge is 0.493 e. The summed E-state index contributed by atoms with van der Waals surface area (Å²) >= 11 is 0. The molecule has 0 spiro atoms. The predicted molar refractivity (Wildman–Crippen MR) is 87.0 cm³/mol. The van der Waals surface area contributed by atoms with E-state index in [0.717, 1.165) is 29.8 Å². The molecule has 0 saturated carbocycles. The maximum Gasteiger partial charge on any atom is 0.217 e. The maximum absolute atomic E-state index is 10.6. The summed E-state index contributed by atoms with van der Waals surface area (Å²) < 4.78 is 1.68. The third kappa shape index (κ3) is 3.66. The highest BCUT2D eigenvalue weighted by Crippen LogP contribution is 2.29.